The van der Waals surface area contributed by atoms with Crippen LogP contribution in [0, 0.1) is 0 Å². The maximum Gasteiger partial charge on any atom is 0.159 e. The first-order valence-electron chi connectivity index (χ1n) is 6.53. The molecule has 0 saturated carbocycles. The average molecular weight is 270 g/mol. The Bertz CT molecular complexity index is 517. The lowest BCUT2D eigenvalue weighted by Crippen LogP contribution is -1.91. The summed E-state index contributed by atoms with van der Waals surface area (Å²) in [7, 11) is 0. The van der Waals surface area contributed by atoms with Crippen molar-refractivity contribution in [2.45, 2.75) is 24.7 Å². The molecule has 0 saturated heterocycles. The molecule has 0 unspecified atom stereocenters. The van der Waals surface area contributed by atoms with Gasteiger partial charge < -0.3 is 0 Å². The van der Waals surface area contributed by atoms with Gasteiger partial charge in [-0.15, -0.1) is 11.8 Å². The van der Waals surface area contributed by atoms with Crippen LogP contribution in [0.1, 0.15) is 29.3 Å². The number of carbonyl (C=O) groups excluding carboxylic acids is 1. The third kappa shape index (κ3) is 4.56. The lowest BCUT2D eigenvalue weighted by atomic mass is 10.1. The minimum Gasteiger partial charge on any atom is -0.295 e. The molecule has 0 heterocycles. The van der Waals surface area contributed by atoms with E-state index in [1.807, 2.05) is 36.0 Å². The van der Waals surface area contributed by atoms with E-state index >= 15 is 0 Å². The summed E-state index contributed by atoms with van der Waals surface area (Å²) in [6, 6.07) is 18.4. The molecular formula is C17H18OS. The van der Waals surface area contributed by atoms with E-state index in [9.17, 15) is 4.79 Å². The van der Waals surface area contributed by atoms with Crippen molar-refractivity contribution in [3.05, 3.63) is 65.7 Å². The Balaban J connectivity index is 1.75. The largest absolute Gasteiger partial charge is 0.295 e. The Morgan fingerprint density at radius 1 is 1.00 bits per heavy atom. The van der Waals surface area contributed by atoms with E-state index < -0.39 is 0 Å². The highest BCUT2D eigenvalue weighted by Crippen LogP contribution is 2.20. The third-order valence-corrected chi connectivity index (χ3v) is 4.08. The molecule has 2 heteroatoms. The second-order valence-electron chi connectivity index (χ2n) is 4.52. The number of Topliss-reactive ketones (excluding diaryl/α,β-unsaturated/α-hetero) is 1. The van der Waals surface area contributed by atoms with Gasteiger partial charge >= 0.3 is 0 Å². The molecule has 0 atom stereocenters. The molecule has 0 amide bonds. The van der Waals surface area contributed by atoms with E-state index in [0.29, 0.717) is 0 Å². The van der Waals surface area contributed by atoms with Crippen molar-refractivity contribution in [3.63, 3.8) is 0 Å². The van der Waals surface area contributed by atoms with E-state index in [2.05, 4.69) is 30.3 Å². The summed E-state index contributed by atoms with van der Waals surface area (Å²) >= 11 is 1.85. The van der Waals surface area contributed by atoms with E-state index in [0.717, 1.165) is 17.7 Å². The fraction of sp³-hybridized carbons (Fsp3) is 0.235. The normalized spacial score (nSPS) is 10.4. The van der Waals surface area contributed by atoms with Crippen LogP contribution in [-0.2, 0) is 6.42 Å². The number of thioether (sulfide) groups is 1. The summed E-state index contributed by atoms with van der Waals surface area (Å²) in [5, 5.41) is 0. The molecule has 0 fully saturated rings. The van der Waals surface area contributed by atoms with Gasteiger partial charge in [0.15, 0.2) is 5.78 Å². The number of hydrogen-bond donors (Lipinski definition) is 0. The van der Waals surface area contributed by atoms with Crippen LogP contribution < -0.4 is 0 Å². The van der Waals surface area contributed by atoms with Gasteiger partial charge in [0.1, 0.15) is 0 Å². The predicted octanol–water partition coefficient (Wildman–Crippen LogP) is 4.61. The molecule has 0 N–H and O–H groups in total. The van der Waals surface area contributed by atoms with Gasteiger partial charge in [-0.25, -0.2) is 0 Å². The maximum atomic E-state index is 11.2. The zero-order chi connectivity index (χ0) is 13.5. The van der Waals surface area contributed by atoms with Crippen LogP contribution in [0.4, 0.5) is 0 Å². The molecule has 0 spiro atoms. The fourth-order valence-electron chi connectivity index (χ4n) is 1.90. The van der Waals surface area contributed by atoms with Gasteiger partial charge in [-0.2, -0.15) is 0 Å². The van der Waals surface area contributed by atoms with E-state index in [4.69, 9.17) is 0 Å². The molecular weight excluding hydrogens is 252 g/mol. The first-order chi connectivity index (χ1) is 9.25. The molecule has 98 valence electrons. The van der Waals surface area contributed by atoms with Crippen LogP contribution in [0.15, 0.2) is 59.5 Å². The fourth-order valence-corrected chi connectivity index (χ4v) is 2.75. The van der Waals surface area contributed by atoms with Crippen LogP contribution in [0.25, 0.3) is 0 Å². The smallest absolute Gasteiger partial charge is 0.159 e. The van der Waals surface area contributed by atoms with Crippen molar-refractivity contribution >= 4 is 17.5 Å². The second kappa shape index (κ2) is 7.15. The number of ketones is 1. The van der Waals surface area contributed by atoms with Crippen molar-refractivity contribution in [2.75, 3.05) is 5.75 Å². The zero-order valence-corrected chi connectivity index (χ0v) is 12.0. The van der Waals surface area contributed by atoms with Gasteiger partial charge in [0.2, 0.25) is 0 Å². The summed E-state index contributed by atoms with van der Waals surface area (Å²) < 4.78 is 0. The minimum atomic E-state index is 0.126. The van der Waals surface area contributed by atoms with E-state index in [1.54, 1.807) is 6.92 Å². The predicted molar refractivity (Wildman–Crippen MR) is 81.9 cm³/mol. The molecule has 0 aliphatic heterocycles. The monoisotopic (exact) mass is 270 g/mol. The van der Waals surface area contributed by atoms with Gasteiger partial charge in [-0.05, 0) is 43.2 Å². The average Bonchev–Trinajstić information content (AvgIpc) is 2.45. The van der Waals surface area contributed by atoms with Crippen molar-refractivity contribution in [2.24, 2.45) is 0 Å². The molecule has 2 aromatic carbocycles. The van der Waals surface area contributed by atoms with Gasteiger partial charge in [0, 0.05) is 10.5 Å². The maximum absolute atomic E-state index is 11.2. The lowest BCUT2D eigenvalue weighted by Gasteiger charge is -2.03. The van der Waals surface area contributed by atoms with Crippen LogP contribution in [0.3, 0.4) is 0 Å². The topological polar surface area (TPSA) is 17.1 Å². The molecule has 1 nitrogen and oxygen atoms in total. The first-order valence-corrected chi connectivity index (χ1v) is 7.52. The van der Waals surface area contributed by atoms with Gasteiger partial charge in [-0.3, -0.25) is 4.79 Å². The molecule has 0 aliphatic carbocycles. The number of benzene rings is 2. The summed E-state index contributed by atoms with van der Waals surface area (Å²) in [5.74, 6) is 1.23. The lowest BCUT2D eigenvalue weighted by molar-refractivity contribution is 0.101. The first kappa shape index (κ1) is 13.9. The molecule has 2 aromatic rings. The Labute approximate surface area is 119 Å². The third-order valence-electron chi connectivity index (χ3n) is 2.98. The number of carbonyl (C=O) groups is 1. The quantitative estimate of drug-likeness (QED) is 0.433. The standard InChI is InChI=1S/C17H18OS/c1-14(18)16-9-11-17(12-10-16)19-13-5-8-15-6-3-2-4-7-15/h2-4,6-7,9-12H,5,8,13H2,1H3. The Morgan fingerprint density at radius 3 is 2.32 bits per heavy atom. The molecule has 19 heavy (non-hydrogen) atoms. The number of aryl methyl sites for hydroxylation is 1. The minimum absolute atomic E-state index is 0.126. The number of rotatable bonds is 6. The molecule has 0 bridgehead atoms. The molecule has 2 rings (SSSR count). The van der Waals surface area contributed by atoms with Gasteiger partial charge in [0.05, 0.1) is 0 Å². The number of hydrogen-bond acceptors (Lipinski definition) is 2. The van der Waals surface area contributed by atoms with Crippen LogP contribution in [0.5, 0.6) is 0 Å². The summed E-state index contributed by atoms with van der Waals surface area (Å²) in [6.45, 7) is 1.60. The highest BCUT2D eigenvalue weighted by Gasteiger charge is 1.99. The highest BCUT2D eigenvalue weighted by molar-refractivity contribution is 7.99. The molecule has 0 aliphatic rings. The summed E-state index contributed by atoms with van der Waals surface area (Å²) in [5.41, 5.74) is 2.18. The van der Waals surface area contributed by atoms with Gasteiger partial charge in [0.25, 0.3) is 0 Å². The molecule has 0 radical (unpaired) electrons. The van der Waals surface area contributed by atoms with Crippen LogP contribution >= 0.6 is 11.8 Å². The van der Waals surface area contributed by atoms with E-state index in [1.165, 1.54) is 16.9 Å². The Kier molecular flexibility index (Phi) is 5.22. The highest BCUT2D eigenvalue weighted by atomic mass is 32.2. The van der Waals surface area contributed by atoms with Crippen molar-refractivity contribution in [3.8, 4) is 0 Å². The van der Waals surface area contributed by atoms with Crippen LogP contribution in [0.2, 0.25) is 0 Å². The molecule has 0 aromatic heterocycles. The summed E-state index contributed by atoms with van der Waals surface area (Å²) in [6.07, 6.45) is 2.29. The zero-order valence-electron chi connectivity index (χ0n) is 11.1. The Morgan fingerprint density at radius 2 is 1.68 bits per heavy atom. The van der Waals surface area contributed by atoms with Crippen molar-refractivity contribution in [1.29, 1.82) is 0 Å². The van der Waals surface area contributed by atoms with Gasteiger partial charge in [-0.1, -0.05) is 42.5 Å². The van der Waals surface area contributed by atoms with Crippen molar-refractivity contribution < 1.29 is 4.79 Å². The van der Waals surface area contributed by atoms with Crippen LogP contribution in [-0.4, -0.2) is 11.5 Å². The van der Waals surface area contributed by atoms with E-state index in [-0.39, 0.29) is 5.78 Å². The van der Waals surface area contributed by atoms with Crippen molar-refractivity contribution in [1.82, 2.24) is 0 Å². The summed E-state index contributed by atoms with van der Waals surface area (Å²) in [4.78, 5) is 12.4. The Hall–Kier alpha value is -1.54. The second-order valence-corrected chi connectivity index (χ2v) is 5.69. The SMILES string of the molecule is CC(=O)c1ccc(SCCCc2ccccc2)cc1.